The predicted molar refractivity (Wildman–Crippen MR) is 75.2 cm³/mol. The van der Waals surface area contributed by atoms with Gasteiger partial charge in [-0.2, -0.15) is 0 Å². The normalized spacial score (nSPS) is 23.9. The van der Waals surface area contributed by atoms with Gasteiger partial charge in [0, 0.05) is 6.54 Å². The molecule has 100 valence electrons. The smallest absolute Gasteiger partial charge is 0.128 e. The molecule has 0 spiro atoms. The molecular weight excluding hydrogens is 227 g/mol. The highest BCUT2D eigenvalue weighted by atomic mass is 19.1. The summed E-state index contributed by atoms with van der Waals surface area (Å²) >= 11 is 0. The molecule has 0 saturated heterocycles. The lowest BCUT2D eigenvalue weighted by Gasteiger charge is -2.27. The molecule has 0 heterocycles. The molecule has 2 atom stereocenters. The monoisotopic (exact) mass is 250 g/mol. The van der Waals surface area contributed by atoms with E-state index in [2.05, 4.69) is 12.2 Å². The van der Waals surface area contributed by atoms with Crippen LogP contribution < -0.4 is 11.1 Å². The molecule has 1 aromatic carbocycles. The van der Waals surface area contributed by atoms with E-state index in [-0.39, 0.29) is 5.82 Å². The lowest BCUT2D eigenvalue weighted by Crippen LogP contribution is -2.21. The van der Waals surface area contributed by atoms with Gasteiger partial charge in [0.1, 0.15) is 5.82 Å². The number of hydrogen-bond acceptors (Lipinski definition) is 2. The van der Waals surface area contributed by atoms with Crippen LogP contribution in [0.2, 0.25) is 0 Å². The number of halogens is 1. The Kier molecular flexibility index (Phi) is 4.10. The Balaban J connectivity index is 1.95. The Hall–Kier alpha value is -1.25. The van der Waals surface area contributed by atoms with Crippen molar-refractivity contribution in [2.45, 2.75) is 39.5 Å². The largest absolute Gasteiger partial charge is 0.397 e. The number of rotatable bonds is 3. The van der Waals surface area contributed by atoms with E-state index in [1.54, 1.807) is 13.0 Å². The summed E-state index contributed by atoms with van der Waals surface area (Å²) in [6.45, 7) is 5.03. The summed E-state index contributed by atoms with van der Waals surface area (Å²) in [5, 5.41) is 3.38. The summed E-state index contributed by atoms with van der Waals surface area (Å²) < 4.78 is 13.3. The minimum atomic E-state index is -0.232. The van der Waals surface area contributed by atoms with Gasteiger partial charge < -0.3 is 11.1 Å². The van der Waals surface area contributed by atoms with Crippen LogP contribution in [0.4, 0.5) is 15.8 Å². The first kappa shape index (κ1) is 13.2. The van der Waals surface area contributed by atoms with Crippen molar-refractivity contribution in [3.8, 4) is 0 Å². The second-order valence-corrected chi connectivity index (χ2v) is 5.71. The Morgan fingerprint density at radius 2 is 2.17 bits per heavy atom. The maximum atomic E-state index is 13.3. The van der Waals surface area contributed by atoms with Gasteiger partial charge in [-0.3, -0.25) is 0 Å². The molecule has 3 heteroatoms. The summed E-state index contributed by atoms with van der Waals surface area (Å²) in [5.41, 5.74) is 7.84. The fourth-order valence-electron chi connectivity index (χ4n) is 2.85. The van der Waals surface area contributed by atoms with E-state index in [4.69, 9.17) is 5.73 Å². The Labute approximate surface area is 109 Å². The predicted octanol–water partition coefficient (Wildman–Crippen LogP) is 3.95. The van der Waals surface area contributed by atoms with Crippen molar-refractivity contribution in [2.24, 2.45) is 11.8 Å². The van der Waals surface area contributed by atoms with E-state index in [0.29, 0.717) is 11.3 Å². The maximum absolute atomic E-state index is 13.3. The molecule has 1 aliphatic carbocycles. The second kappa shape index (κ2) is 5.59. The van der Waals surface area contributed by atoms with Gasteiger partial charge in [-0.25, -0.2) is 4.39 Å². The van der Waals surface area contributed by atoms with Gasteiger partial charge in [0.05, 0.1) is 11.4 Å². The average molecular weight is 250 g/mol. The number of hydrogen-bond donors (Lipinski definition) is 2. The standard InChI is InChI=1S/C15H23FN2/c1-10-4-3-5-12(6-10)9-18-15-7-11(2)13(16)8-14(15)17/h7-8,10,12,18H,3-6,9,17H2,1-2H3. The fourth-order valence-corrected chi connectivity index (χ4v) is 2.85. The molecule has 0 bridgehead atoms. The minimum Gasteiger partial charge on any atom is -0.397 e. The van der Waals surface area contributed by atoms with Crippen LogP contribution in [-0.4, -0.2) is 6.54 Å². The third kappa shape index (κ3) is 3.15. The van der Waals surface area contributed by atoms with Crippen LogP contribution in [-0.2, 0) is 0 Å². The van der Waals surface area contributed by atoms with Gasteiger partial charge in [0.2, 0.25) is 0 Å². The van der Waals surface area contributed by atoms with Gasteiger partial charge in [-0.05, 0) is 49.3 Å². The molecule has 1 aromatic rings. The van der Waals surface area contributed by atoms with Gasteiger partial charge in [-0.1, -0.05) is 19.8 Å². The molecule has 1 aliphatic rings. The number of nitrogens with one attached hydrogen (secondary N) is 1. The van der Waals surface area contributed by atoms with E-state index < -0.39 is 0 Å². The van der Waals surface area contributed by atoms with Crippen molar-refractivity contribution in [3.63, 3.8) is 0 Å². The highest BCUT2D eigenvalue weighted by Crippen LogP contribution is 2.29. The molecular formula is C15H23FN2. The van der Waals surface area contributed by atoms with Crippen molar-refractivity contribution >= 4 is 11.4 Å². The SMILES string of the molecule is Cc1cc(NCC2CCCC(C)C2)c(N)cc1F. The molecule has 18 heavy (non-hydrogen) atoms. The van der Waals surface area contributed by atoms with Crippen LogP contribution in [0.3, 0.4) is 0 Å². The minimum absolute atomic E-state index is 0.232. The van der Waals surface area contributed by atoms with Crippen LogP contribution in [0.1, 0.15) is 38.2 Å². The van der Waals surface area contributed by atoms with E-state index in [1.165, 1.54) is 31.7 Å². The van der Waals surface area contributed by atoms with Crippen molar-refractivity contribution in [3.05, 3.63) is 23.5 Å². The molecule has 1 saturated carbocycles. The molecule has 2 rings (SSSR count). The van der Waals surface area contributed by atoms with Gasteiger partial charge >= 0.3 is 0 Å². The van der Waals surface area contributed by atoms with Crippen LogP contribution >= 0.6 is 0 Å². The lowest BCUT2D eigenvalue weighted by molar-refractivity contribution is 0.293. The first-order valence-electron chi connectivity index (χ1n) is 6.85. The summed E-state index contributed by atoms with van der Waals surface area (Å²) in [6.07, 6.45) is 5.25. The van der Waals surface area contributed by atoms with Crippen LogP contribution in [0, 0.1) is 24.6 Å². The first-order chi connectivity index (χ1) is 8.56. The number of nitrogens with two attached hydrogens (primary N) is 1. The summed E-state index contributed by atoms with van der Waals surface area (Å²) in [4.78, 5) is 0. The molecule has 0 amide bonds. The molecule has 0 aliphatic heterocycles. The van der Waals surface area contributed by atoms with Crippen LogP contribution in [0.25, 0.3) is 0 Å². The quantitative estimate of drug-likeness (QED) is 0.797. The Morgan fingerprint density at radius 1 is 1.39 bits per heavy atom. The number of benzene rings is 1. The van der Waals surface area contributed by atoms with E-state index in [0.717, 1.165) is 24.1 Å². The van der Waals surface area contributed by atoms with Crippen LogP contribution in [0.5, 0.6) is 0 Å². The zero-order chi connectivity index (χ0) is 13.1. The third-order valence-electron chi connectivity index (χ3n) is 3.96. The van der Waals surface area contributed by atoms with Crippen LogP contribution in [0.15, 0.2) is 12.1 Å². The van der Waals surface area contributed by atoms with Crippen molar-refractivity contribution in [2.75, 3.05) is 17.6 Å². The molecule has 0 radical (unpaired) electrons. The van der Waals surface area contributed by atoms with E-state index in [9.17, 15) is 4.39 Å². The van der Waals surface area contributed by atoms with Crippen molar-refractivity contribution in [1.82, 2.24) is 0 Å². The zero-order valence-corrected chi connectivity index (χ0v) is 11.3. The van der Waals surface area contributed by atoms with E-state index >= 15 is 0 Å². The summed E-state index contributed by atoms with van der Waals surface area (Å²) in [6, 6.07) is 3.21. The number of aryl methyl sites for hydroxylation is 1. The zero-order valence-electron chi connectivity index (χ0n) is 11.3. The molecule has 2 unspecified atom stereocenters. The highest BCUT2D eigenvalue weighted by molar-refractivity contribution is 5.67. The molecule has 3 N–H and O–H groups in total. The highest BCUT2D eigenvalue weighted by Gasteiger charge is 2.18. The summed E-state index contributed by atoms with van der Waals surface area (Å²) in [7, 11) is 0. The summed E-state index contributed by atoms with van der Waals surface area (Å²) in [5.74, 6) is 1.32. The molecule has 1 fully saturated rings. The van der Waals surface area contributed by atoms with Gasteiger partial charge in [0.15, 0.2) is 0 Å². The maximum Gasteiger partial charge on any atom is 0.128 e. The average Bonchev–Trinajstić information content (AvgIpc) is 2.32. The topological polar surface area (TPSA) is 38.0 Å². The number of nitrogen functional groups attached to an aromatic ring is 1. The lowest BCUT2D eigenvalue weighted by atomic mass is 9.82. The van der Waals surface area contributed by atoms with E-state index in [1.807, 2.05) is 0 Å². The second-order valence-electron chi connectivity index (χ2n) is 5.71. The fraction of sp³-hybridized carbons (Fsp3) is 0.600. The number of anilines is 2. The first-order valence-corrected chi connectivity index (χ1v) is 6.85. The Morgan fingerprint density at radius 3 is 2.89 bits per heavy atom. The molecule has 0 aromatic heterocycles. The van der Waals surface area contributed by atoms with Gasteiger partial charge in [-0.15, -0.1) is 0 Å². The van der Waals surface area contributed by atoms with Crippen molar-refractivity contribution < 1.29 is 4.39 Å². The molecule has 2 nitrogen and oxygen atoms in total. The van der Waals surface area contributed by atoms with Gasteiger partial charge in [0.25, 0.3) is 0 Å². The van der Waals surface area contributed by atoms with Crippen molar-refractivity contribution in [1.29, 1.82) is 0 Å². The Bertz CT molecular complexity index is 417. The third-order valence-corrected chi connectivity index (χ3v) is 3.96.